The zero-order valence-corrected chi connectivity index (χ0v) is 13.7. The van der Waals surface area contributed by atoms with Gasteiger partial charge in [-0.15, -0.1) is 0 Å². The highest BCUT2D eigenvalue weighted by Crippen LogP contribution is 2.25. The van der Waals surface area contributed by atoms with E-state index in [-0.39, 0.29) is 24.5 Å². The average Bonchev–Trinajstić information content (AvgIpc) is 2.65. The van der Waals surface area contributed by atoms with Gasteiger partial charge in [-0.25, -0.2) is 0 Å². The van der Waals surface area contributed by atoms with Crippen LogP contribution in [0.3, 0.4) is 0 Å². The lowest BCUT2D eigenvalue weighted by Gasteiger charge is -2.26. The van der Waals surface area contributed by atoms with Crippen molar-refractivity contribution in [2.45, 2.75) is 40.2 Å². The number of nitrogens with zero attached hydrogens (tertiary/aromatic N) is 1. The van der Waals surface area contributed by atoms with Gasteiger partial charge in [-0.1, -0.05) is 12.1 Å². The number of ether oxygens (including phenoxy) is 1. The number of carbonyl (C=O) groups is 2. The van der Waals surface area contributed by atoms with Crippen molar-refractivity contribution >= 4 is 11.8 Å². The molecule has 1 saturated heterocycles. The summed E-state index contributed by atoms with van der Waals surface area (Å²) in [5, 5.41) is 2.80. The average molecular weight is 304 g/mol. The van der Waals surface area contributed by atoms with Crippen LogP contribution >= 0.6 is 0 Å². The maximum atomic E-state index is 12.4. The number of nitrogens with one attached hydrogen (secondary N) is 1. The van der Waals surface area contributed by atoms with Crippen LogP contribution in [0.25, 0.3) is 0 Å². The Morgan fingerprint density at radius 3 is 2.73 bits per heavy atom. The van der Waals surface area contributed by atoms with Crippen molar-refractivity contribution in [2.75, 3.05) is 19.7 Å². The summed E-state index contributed by atoms with van der Waals surface area (Å²) < 4.78 is 5.78. The molecule has 0 aromatic heterocycles. The van der Waals surface area contributed by atoms with Crippen molar-refractivity contribution in [1.29, 1.82) is 0 Å². The molecule has 1 aromatic rings. The number of benzene rings is 1. The van der Waals surface area contributed by atoms with Gasteiger partial charge in [-0.3, -0.25) is 9.59 Å². The lowest BCUT2D eigenvalue weighted by Crippen LogP contribution is -2.44. The fourth-order valence-corrected chi connectivity index (χ4v) is 2.64. The molecule has 0 aliphatic carbocycles. The third kappa shape index (κ3) is 3.59. The van der Waals surface area contributed by atoms with E-state index in [9.17, 15) is 9.59 Å². The maximum absolute atomic E-state index is 12.4. The SMILES string of the molecule is Cc1ccc(C)c(OCC(=O)N2CCC(=O)NC[C@H]2C)c1C. The molecule has 1 N–H and O–H groups in total. The molecule has 1 aliphatic heterocycles. The van der Waals surface area contributed by atoms with Gasteiger partial charge in [0.15, 0.2) is 6.61 Å². The molecule has 2 amide bonds. The molecule has 5 heteroatoms. The molecular formula is C17H24N2O3. The number of amides is 2. The summed E-state index contributed by atoms with van der Waals surface area (Å²) in [6.07, 6.45) is 0.346. The summed E-state index contributed by atoms with van der Waals surface area (Å²) in [4.78, 5) is 25.6. The standard InChI is InChI=1S/C17H24N2O3/c1-11-5-6-12(2)17(14(11)4)22-10-16(21)19-8-7-15(20)18-9-13(19)3/h5-6,13H,7-10H2,1-4H3,(H,18,20)/t13-/m1/s1. The zero-order chi connectivity index (χ0) is 16.3. The largest absolute Gasteiger partial charge is 0.483 e. The summed E-state index contributed by atoms with van der Waals surface area (Å²) >= 11 is 0. The Kier molecular flexibility index (Phi) is 5.06. The molecule has 1 aromatic carbocycles. The van der Waals surface area contributed by atoms with Crippen molar-refractivity contribution < 1.29 is 14.3 Å². The highest BCUT2D eigenvalue weighted by molar-refractivity contribution is 5.81. The van der Waals surface area contributed by atoms with E-state index in [2.05, 4.69) is 5.32 Å². The minimum atomic E-state index is -0.0793. The van der Waals surface area contributed by atoms with Crippen LogP contribution in [0.15, 0.2) is 12.1 Å². The fourth-order valence-electron chi connectivity index (χ4n) is 2.64. The molecule has 1 heterocycles. The number of rotatable bonds is 3. The van der Waals surface area contributed by atoms with Crippen molar-refractivity contribution in [3.8, 4) is 5.75 Å². The first-order chi connectivity index (χ1) is 10.4. The normalized spacial score (nSPS) is 18.6. The van der Waals surface area contributed by atoms with Gasteiger partial charge >= 0.3 is 0 Å². The molecule has 1 aliphatic rings. The fraction of sp³-hybridized carbons (Fsp3) is 0.529. The number of aryl methyl sites for hydroxylation is 2. The molecule has 22 heavy (non-hydrogen) atoms. The topological polar surface area (TPSA) is 58.6 Å². The molecular weight excluding hydrogens is 280 g/mol. The van der Waals surface area contributed by atoms with Crippen LogP contribution in [0.4, 0.5) is 0 Å². The van der Waals surface area contributed by atoms with Gasteiger partial charge in [-0.05, 0) is 44.4 Å². The van der Waals surface area contributed by atoms with E-state index in [1.165, 1.54) is 0 Å². The molecule has 0 radical (unpaired) electrons. The van der Waals surface area contributed by atoms with E-state index in [0.29, 0.717) is 19.5 Å². The van der Waals surface area contributed by atoms with Crippen molar-refractivity contribution in [3.63, 3.8) is 0 Å². The van der Waals surface area contributed by atoms with Crippen molar-refractivity contribution in [3.05, 3.63) is 28.8 Å². The van der Waals surface area contributed by atoms with Crippen LogP contribution in [0.1, 0.15) is 30.0 Å². The molecule has 1 fully saturated rings. The van der Waals surface area contributed by atoms with E-state index in [1.807, 2.05) is 39.8 Å². The molecule has 5 nitrogen and oxygen atoms in total. The van der Waals surface area contributed by atoms with Gasteiger partial charge in [0.25, 0.3) is 5.91 Å². The van der Waals surface area contributed by atoms with Crippen LogP contribution in [-0.4, -0.2) is 42.5 Å². The van der Waals surface area contributed by atoms with Gasteiger partial charge in [0.1, 0.15) is 5.75 Å². The van der Waals surface area contributed by atoms with E-state index in [4.69, 9.17) is 4.74 Å². The molecule has 0 spiro atoms. The first-order valence-electron chi connectivity index (χ1n) is 7.66. The summed E-state index contributed by atoms with van der Waals surface area (Å²) in [7, 11) is 0. The van der Waals surface area contributed by atoms with Crippen LogP contribution in [0, 0.1) is 20.8 Å². The monoisotopic (exact) mass is 304 g/mol. The van der Waals surface area contributed by atoms with Crippen molar-refractivity contribution in [2.24, 2.45) is 0 Å². The van der Waals surface area contributed by atoms with E-state index in [1.54, 1.807) is 4.90 Å². The van der Waals surface area contributed by atoms with Crippen molar-refractivity contribution in [1.82, 2.24) is 10.2 Å². The second kappa shape index (κ2) is 6.81. The summed E-state index contributed by atoms with van der Waals surface area (Å²) in [5.74, 6) is 0.697. The first kappa shape index (κ1) is 16.3. The predicted octanol–water partition coefficient (Wildman–Crippen LogP) is 1.73. The molecule has 1 atom stereocenters. The van der Waals surface area contributed by atoms with Gasteiger partial charge in [0, 0.05) is 25.6 Å². The number of hydrogen-bond acceptors (Lipinski definition) is 3. The predicted molar refractivity (Wildman–Crippen MR) is 84.9 cm³/mol. The maximum Gasteiger partial charge on any atom is 0.260 e. The lowest BCUT2D eigenvalue weighted by molar-refractivity contribution is -0.135. The Bertz CT molecular complexity index is 584. The van der Waals surface area contributed by atoms with E-state index >= 15 is 0 Å². The second-order valence-electron chi connectivity index (χ2n) is 5.93. The number of carbonyl (C=O) groups excluding carboxylic acids is 2. The van der Waals surface area contributed by atoms with E-state index < -0.39 is 0 Å². The van der Waals surface area contributed by atoms with Gasteiger partial charge in [0.05, 0.1) is 0 Å². The third-order valence-corrected chi connectivity index (χ3v) is 4.24. The van der Waals surface area contributed by atoms with Crippen LogP contribution in [0.2, 0.25) is 0 Å². The minimum Gasteiger partial charge on any atom is -0.483 e. The quantitative estimate of drug-likeness (QED) is 0.925. The lowest BCUT2D eigenvalue weighted by atomic mass is 10.1. The summed E-state index contributed by atoms with van der Waals surface area (Å²) in [6.45, 7) is 8.88. The molecule has 0 unspecified atom stereocenters. The van der Waals surface area contributed by atoms with E-state index in [0.717, 1.165) is 22.4 Å². The molecule has 0 saturated carbocycles. The van der Waals surface area contributed by atoms with Crippen LogP contribution < -0.4 is 10.1 Å². The second-order valence-corrected chi connectivity index (χ2v) is 5.93. The Hall–Kier alpha value is -2.04. The van der Waals surface area contributed by atoms with Gasteiger partial charge in [0.2, 0.25) is 5.91 Å². The van der Waals surface area contributed by atoms with Gasteiger partial charge in [-0.2, -0.15) is 0 Å². The van der Waals surface area contributed by atoms with Crippen LogP contribution in [-0.2, 0) is 9.59 Å². The minimum absolute atomic E-state index is 0.00363. The molecule has 0 bridgehead atoms. The highest BCUT2D eigenvalue weighted by Gasteiger charge is 2.25. The Labute approximate surface area is 131 Å². The Morgan fingerprint density at radius 2 is 2.00 bits per heavy atom. The highest BCUT2D eigenvalue weighted by atomic mass is 16.5. The number of hydrogen-bond donors (Lipinski definition) is 1. The Balaban J connectivity index is 2.03. The summed E-state index contributed by atoms with van der Waals surface area (Å²) in [5.41, 5.74) is 3.23. The zero-order valence-electron chi connectivity index (χ0n) is 13.7. The van der Waals surface area contributed by atoms with Gasteiger partial charge < -0.3 is 15.0 Å². The molecule has 120 valence electrons. The summed E-state index contributed by atoms with van der Waals surface area (Å²) in [6, 6.07) is 4.04. The smallest absolute Gasteiger partial charge is 0.260 e. The third-order valence-electron chi connectivity index (χ3n) is 4.24. The molecule has 2 rings (SSSR count). The first-order valence-corrected chi connectivity index (χ1v) is 7.66. The van der Waals surface area contributed by atoms with Crippen LogP contribution in [0.5, 0.6) is 5.75 Å². The Morgan fingerprint density at radius 1 is 1.32 bits per heavy atom.